The number of rotatable bonds is 0. The van der Waals surface area contributed by atoms with E-state index in [0.29, 0.717) is 0 Å². The van der Waals surface area contributed by atoms with Crippen molar-refractivity contribution < 1.29 is 25.0 Å². The summed E-state index contributed by atoms with van der Waals surface area (Å²) in [5.74, 6) is 0. The Kier molecular flexibility index (Phi) is 162. The van der Waals surface area contributed by atoms with Crippen LogP contribution in [-0.2, 0) is 25.0 Å². The summed E-state index contributed by atoms with van der Waals surface area (Å²) in [7, 11) is 0. The SMILES string of the molecule is [InH3].[Mg+2].[O-2].[Zn]. The van der Waals surface area contributed by atoms with Gasteiger partial charge in [0.1, 0.15) is 0 Å². The van der Waals surface area contributed by atoms with Gasteiger partial charge in [0.15, 0.2) is 0 Å². The van der Waals surface area contributed by atoms with Crippen molar-refractivity contribution in [3.8, 4) is 0 Å². The minimum absolute atomic E-state index is 0. The molecule has 4 heteroatoms. The van der Waals surface area contributed by atoms with E-state index in [1.165, 1.54) is 0 Å². The van der Waals surface area contributed by atoms with Crippen LogP contribution in [0.25, 0.3) is 0 Å². The maximum Gasteiger partial charge on any atom is 2.00 e. The molecule has 0 saturated heterocycles. The standard InChI is InChI=1S/In.Mg.O.Zn.3H/q;+2;-2;;;;. The molecule has 0 radical (unpaired) electrons. The molecule has 4 heavy (non-hydrogen) atoms. The molecular formula is H3InMgOZn. The second kappa shape index (κ2) is 18.9. The van der Waals surface area contributed by atoms with Crippen LogP contribution < -0.4 is 0 Å². The predicted octanol–water partition coefficient (Wildman–Crippen LogP) is -1.69. The molecule has 0 aromatic carbocycles. The fraction of sp³-hybridized carbons (Fsp3) is 0. The number of hydrogen-bond acceptors (Lipinski definition) is 0. The average molecular weight is 224 g/mol. The maximum absolute atomic E-state index is 0. The summed E-state index contributed by atoms with van der Waals surface area (Å²) in [5.41, 5.74) is 0. The van der Waals surface area contributed by atoms with E-state index >= 15 is 0 Å². The Balaban J connectivity index is 0. The molecule has 0 aliphatic heterocycles. The van der Waals surface area contributed by atoms with Crippen molar-refractivity contribution in [1.82, 2.24) is 0 Å². The Bertz CT molecular complexity index is 8.00. The van der Waals surface area contributed by atoms with Crippen molar-refractivity contribution in [3.05, 3.63) is 0 Å². The van der Waals surface area contributed by atoms with Crippen LogP contribution in [0.3, 0.4) is 0 Å². The molecule has 0 unspecified atom stereocenters. The van der Waals surface area contributed by atoms with Gasteiger partial charge in [-0.25, -0.2) is 0 Å². The second-order valence-electron chi connectivity index (χ2n) is 0. The zero-order valence-electron chi connectivity index (χ0n) is 1.82. The van der Waals surface area contributed by atoms with Crippen LogP contribution in [0.2, 0.25) is 0 Å². The molecular weight excluding hydrogens is 221 g/mol. The summed E-state index contributed by atoms with van der Waals surface area (Å²) in [5, 5.41) is 0. The first-order chi connectivity index (χ1) is 0. The van der Waals surface area contributed by atoms with Gasteiger partial charge in [-0.1, -0.05) is 0 Å². The molecule has 1 nitrogen and oxygen atoms in total. The molecule has 0 fully saturated rings. The van der Waals surface area contributed by atoms with Crippen LogP contribution >= 0.6 is 0 Å². The fourth-order valence-electron chi connectivity index (χ4n) is 0. The summed E-state index contributed by atoms with van der Waals surface area (Å²) in [6, 6.07) is 0. The summed E-state index contributed by atoms with van der Waals surface area (Å²) in [6.07, 6.45) is 0. The van der Waals surface area contributed by atoms with Gasteiger partial charge >= 0.3 is 48.9 Å². The molecule has 0 spiro atoms. The van der Waals surface area contributed by atoms with Gasteiger partial charge in [0.05, 0.1) is 0 Å². The Labute approximate surface area is 72.9 Å². The van der Waals surface area contributed by atoms with E-state index in [-0.39, 0.29) is 73.9 Å². The first-order valence-corrected chi connectivity index (χ1v) is 0. The Morgan fingerprint density at radius 3 is 1.00 bits per heavy atom. The Morgan fingerprint density at radius 1 is 1.00 bits per heavy atom. The average Bonchev–Trinajstić information content (AvgIpc) is 0. The van der Waals surface area contributed by atoms with Crippen LogP contribution in [-0.4, -0.2) is 48.9 Å². The van der Waals surface area contributed by atoms with Gasteiger partial charge in [-0.15, -0.1) is 0 Å². The topological polar surface area (TPSA) is 28.5 Å². The van der Waals surface area contributed by atoms with Gasteiger partial charge in [0, 0.05) is 19.5 Å². The van der Waals surface area contributed by atoms with Crippen molar-refractivity contribution in [1.29, 1.82) is 0 Å². The van der Waals surface area contributed by atoms with Crippen molar-refractivity contribution in [2.75, 3.05) is 0 Å². The molecule has 0 aliphatic rings. The summed E-state index contributed by atoms with van der Waals surface area (Å²) >= 11 is 0. The second-order valence-corrected chi connectivity index (χ2v) is 0. The van der Waals surface area contributed by atoms with Crippen molar-refractivity contribution in [2.24, 2.45) is 0 Å². The van der Waals surface area contributed by atoms with Crippen LogP contribution in [0.5, 0.6) is 0 Å². The third-order valence-corrected chi connectivity index (χ3v) is 0. The van der Waals surface area contributed by atoms with E-state index < -0.39 is 0 Å². The first-order valence-electron chi connectivity index (χ1n) is 0. The third-order valence-electron chi connectivity index (χ3n) is 0. The van der Waals surface area contributed by atoms with Crippen molar-refractivity contribution in [2.45, 2.75) is 0 Å². The molecule has 0 heterocycles. The van der Waals surface area contributed by atoms with Crippen LogP contribution in [0.4, 0.5) is 0 Å². The first kappa shape index (κ1) is 34.4. The smallest absolute Gasteiger partial charge is 2.00 e. The zero-order valence-corrected chi connectivity index (χ0v) is 6.20. The summed E-state index contributed by atoms with van der Waals surface area (Å²) in [4.78, 5) is 0. The molecule has 0 atom stereocenters. The molecule has 0 aliphatic carbocycles. The van der Waals surface area contributed by atoms with Crippen LogP contribution in [0, 0.1) is 0 Å². The minimum atomic E-state index is 0. The van der Waals surface area contributed by atoms with Gasteiger partial charge in [-0.05, 0) is 0 Å². The normalized spacial score (nSPS) is 0. The zero-order chi connectivity index (χ0) is 0. The van der Waals surface area contributed by atoms with E-state index in [4.69, 9.17) is 0 Å². The molecule has 0 rings (SSSR count). The monoisotopic (exact) mass is 222 g/mol. The van der Waals surface area contributed by atoms with Gasteiger partial charge in [-0.3, -0.25) is 0 Å². The number of hydrogen-bond donors (Lipinski definition) is 0. The van der Waals surface area contributed by atoms with Crippen molar-refractivity contribution >= 4 is 48.9 Å². The predicted molar refractivity (Wildman–Crippen MR) is 16.4 cm³/mol. The van der Waals surface area contributed by atoms with Gasteiger partial charge in [0.25, 0.3) is 0 Å². The van der Waals surface area contributed by atoms with Crippen LogP contribution in [0.1, 0.15) is 0 Å². The van der Waals surface area contributed by atoms with E-state index in [2.05, 4.69) is 0 Å². The fourth-order valence-corrected chi connectivity index (χ4v) is 0. The Morgan fingerprint density at radius 2 is 1.00 bits per heavy atom. The third kappa shape index (κ3) is 8.88. The van der Waals surface area contributed by atoms with Gasteiger partial charge in [0.2, 0.25) is 0 Å². The van der Waals surface area contributed by atoms with Crippen molar-refractivity contribution in [3.63, 3.8) is 0 Å². The molecule has 0 N–H and O–H groups in total. The summed E-state index contributed by atoms with van der Waals surface area (Å²) in [6.45, 7) is 0. The minimum Gasteiger partial charge on any atom is -2.00 e. The molecule has 16 valence electrons. The molecule has 0 aromatic heterocycles. The largest absolute Gasteiger partial charge is 2.00 e. The van der Waals surface area contributed by atoms with E-state index in [1.54, 1.807) is 0 Å². The van der Waals surface area contributed by atoms with E-state index in [1.807, 2.05) is 0 Å². The molecule has 0 bridgehead atoms. The summed E-state index contributed by atoms with van der Waals surface area (Å²) < 4.78 is 0. The van der Waals surface area contributed by atoms with Crippen LogP contribution in [0.15, 0.2) is 0 Å². The molecule has 0 saturated carbocycles. The molecule has 0 amide bonds. The Hall–Kier alpha value is 2.22. The van der Waals surface area contributed by atoms with Gasteiger partial charge in [-0.2, -0.15) is 0 Å². The van der Waals surface area contributed by atoms with E-state index in [9.17, 15) is 0 Å². The maximum atomic E-state index is 0. The quantitative estimate of drug-likeness (QED) is 0.439. The van der Waals surface area contributed by atoms with E-state index in [0.717, 1.165) is 0 Å². The van der Waals surface area contributed by atoms with Gasteiger partial charge < -0.3 is 5.48 Å². The molecule has 0 aromatic rings.